The number of benzene rings is 1. The topological polar surface area (TPSA) is 58.6 Å². The number of likely N-dealkylation sites (tertiary alicyclic amines) is 1. The zero-order valence-corrected chi connectivity index (χ0v) is 16.1. The van der Waals surface area contributed by atoms with Crippen molar-refractivity contribution in [2.75, 3.05) is 31.6 Å². The molecular formula is C19H28ClN2O3-. The first kappa shape index (κ1) is 21.5. The summed E-state index contributed by atoms with van der Waals surface area (Å²) in [5.74, 6) is -0.153. The second-order valence-corrected chi connectivity index (χ2v) is 6.49. The van der Waals surface area contributed by atoms with Gasteiger partial charge in [-0.1, -0.05) is 6.07 Å². The van der Waals surface area contributed by atoms with Gasteiger partial charge in [-0.25, -0.2) is 0 Å². The number of carbonyl (C=O) groups is 2. The minimum absolute atomic E-state index is 0. The van der Waals surface area contributed by atoms with E-state index in [4.69, 9.17) is 4.74 Å². The van der Waals surface area contributed by atoms with Crippen molar-refractivity contribution in [3.05, 3.63) is 29.3 Å². The van der Waals surface area contributed by atoms with Gasteiger partial charge in [0.25, 0.3) is 0 Å². The number of nitrogens with zero attached hydrogens (tertiary/aromatic N) is 1. The zero-order chi connectivity index (χ0) is 17.5. The minimum Gasteiger partial charge on any atom is -1.00 e. The SMILES string of the molecule is CCOC(=O)C1CCCN(CCC(=O)Nc2ccc(C)c(C)c2)C1.[Cl-]. The summed E-state index contributed by atoms with van der Waals surface area (Å²) in [7, 11) is 0. The van der Waals surface area contributed by atoms with E-state index in [1.54, 1.807) is 0 Å². The van der Waals surface area contributed by atoms with Gasteiger partial charge in [-0.2, -0.15) is 0 Å². The lowest BCUT2D eigenvalue weighted by atomic mass is 9.98. The molecule has 1 aromatic rings. The summed E-state index contributed by atoms with van der Waals surface area (Å²) in [5, 5.41) is 2.95. The highest BCUT2D eigenvalue weighted by Crippen LogP contribution is 2.18. The Morgan fingerprint density at radius 1 is 1.28 bits per heavy atom. The number of carbonyl (C=O) groups excluding carboxylic acids is 2. The highest BCUT2D eigenvalue weighted by Gasteiger charge is 2.26. The maximum Gasteiger partial charge on any atom is 0.310 e. The molecule has 0 spiro atoms. The first-order valence-corrected chi connectivity index (χ1v) is 8.75. The van der Waals surface area contributed by atoms with Crippen molar-refractivity contribution in [3.8, 4) is 0 Å². The van der Waals surface area contributed by atoms with Crippen LogP contribution in [0.4, 0.5) is 5.69 Å². The molecule has 1 aliphatic heterocycles. The zero-order valence-electron chi connectivity index (χ0n) is 15.3. The fourth-order valence-electron chi connectivity index (χ4n) is 3.01. The van der Waals surface area contributed by atoms with E-state index in [0.29, 0.717) is 26.1 Å². The molecular weight excluding hydrogens is 340 g/mol. The van der Waals surface area contributed by atoms with E-state index in [9.17, 15) is 9.59 Å². The second kappa shape index (κ2) is 10.4. The number of hydrogen-bond donors (Lipinski definition) is 1. The number of amides is 1. The maximum absolute atomic E-state index is 12.1. The molecule has 0 aromatic heterocycles. The monoisotopic (exact) mass is 367 g/mol. The molecule has 2 rings (SSSR count). The van der Waals surface area contributed by atoms with Crippen LogP contribution in [0.1, 0.15) is 37.3 Å². The lowest BCUT2D eigenvalue weighted by Crippen LogP contribution is -3.00. The summed E-state index contributed by atoms with van der Waals surface area (Å²) >= 11 is 0. The van der Waals surface area contributed by atoms with Gasteiger partial charge in [0.15, 0.2) is 0 Å². The summed E-state index contributed by atoms with van der Waals surface area (Å²) in [6.07, 6.45) is 2.29. The molecule has 1 aliphatic rings. The maximum atomic E-state index is 12.1. The summed E-state index contributed by atoms with van der Waals surface area (Å²) in [5.41, 5.74) is 3.22. The van der Waals surface area contributed by atoms with E-state index < -0.39 is 0 Å². The third-order valence-corrected chi connectivity index (χ3v) is 4.57. The van der Waals surface area contributed by atoms with Gasteiger partial charge in [0.1, 0.15) is 0 Å². The van der Waals surface area contributed by atoms with Gasteiger partial charge in [0.2, 0.25) is 5.91 Å². The van der Waals surface area contributed by atoms with Crippen LogP contribution in [0.3, 0.4) is 0 Å². The number of nitrogens with one attached hydrogen (secondary N) is 1. The molecule has 1 N–H and O–H groups in total. The molecule has 0 aliphatic carbocycles. The Kier molecular flexibility index (Phi) is 8.93. The highest BCUT2D eigenvalue weighted by atomic mass is 35.5. The van der Waals surface area contributed by atoms with Gasteiger partial charge in [-0.15, -0.1) is 0 Å². The van der Waals surface area contributed by atoms with E-state index in [2.05, 4.69) is 17.1 Å². The number of halogens is 1. The molecule has 5 nitrogen and oxygen atoms in total. The first-order valence-electron chi connectivity index (χ1n) is 8.75. The number of esters is 1. The van der Waals surface area contributed by atoms with Crippen LogP contribution < -0.4 is 17.7 Å². The fourth-order valence-corrected chi connectivity index (χ4v) is 3.01. The second-order valence-electron chi connectivity index (χ2n) is 6.49. The van der Waals surface area contributed by atoms with Gasteiger partial charge < -0.3 is 27.4 Å². The molecule has 1 fully saturated rings. The highest BCUT2D eigenvalue weighted by molar-refractivity contribution is 5.90. The van der Waals surface area contributed by atoms with Crippen molar-refractivity contribution in [3.63, 3.8) is 0 Å². The van der Waals surface area contributed by atoms with Crippen molar-refractivity contribution in [1.82, 2.24) is 4.90 Å². The lowest BCUT2D eigenvalue weighted by Gasteiger charge is -2.31. The van der Waals surface area contributed by atoms with Crippen LogP contribution in [0.25, 0.3) is 0 Å². The van der Waals surface area contributed by atoms with Crippen molar-refractivity contribution >= 4 is 17.6 Å². The Morgan fingerprint density at radius 3 is 2.72 bits per heavy atom. The average molecular weight is 368 g/mol. The van der Waals surface area contributed by atoms with E-state index in [0.717, 1.165) is 25.1 Å². The third kappa shape index (κ3) is 6.67. The predicted octanol–water partition coefficient (Wildman–Crippen LogP) is -0.0889. The van der Waals surface area contributed by atoms with Crippen molar-refractivity contribution in [1.29, 1.82) is 0 Å². The number of hydrogen-bond acceptors (Lipinski definition) is 4. The lowest BCUT2D eigenvalue weighted by molar-refractivity contribution is -0.149. The number of aryl methyl sites for hydroxylation is 2. The largest absolute Gasteiger partial charge is 1.00 e. The molecule has 1 heterocycles. The van der Waals surface area contributed by atoms with Crippen molar-refractivity contribution in [2.45, 2.75) is 40.0 Å². The molecule has 0 radical (unpaired) electrons. The Morgan fingerprint density at radius 2 is 2.04 bits per heavy atom. The summed E-state index contributed by atoms with van der Waals surface area (Å²) in [6, 6.07) is 5.93. The molecule has 1 atom stereocenters. The number of piperidine rings is 1. The number of anilines is 1. The van der Waals surface area contributed by atoms with E-state index in [1.807, 2.05) is 32.0 Å². The van der Waals surface area contributed by atoms with Gasteiger partial charge in [-0.3, -0.25) is 9.59 Å². The summed E-state index contributed by atoms with van der Waals surface area (Å²) in [6.45, 7) is 8.64. The molecule has 1 amide bonds. The Balaban J connectivity index is 0.00000312. The summed E-state index contributed by atoms with van der Waals surface area (Å²) < 4.78 is 5.11. The van der Waals surface area contributed by atoms with Crippen LogP contribution in [-0.2, 0) is 14.3 Å². The molecule has 1 unspecified atom stereocenters. The Labute approximate surface area is 156 Å². The number of ether oxygens (including phenoxy) is 1. The summed E-state index contributed by atoms with van der Waals surface area (Å²) in [4.78, 5) is 26.2. The van der Waals surface area contributed by atoms with E-state index >= 15 is 0 Å². The van der Waals surface area contributed by atoms with Crippen molar-refractivity contribution < 1.29 is 26.7 Å². The van der Waals surface area contributed by atoms with Crippen LogP contribution in [0.5, 0.6) is 0 Å². The van der Waals surface area contributed by atoms with Crippen LogP contribution >= 0.6 is 0 Å². The van der Waals surface area contributed by atoms with Gasteiger partial charge in [0.05, 0.1) is 12.5 Å². The normalized spacial score (nSPS) is 17.5. The minimum atomic E-state index is -0.109. The molecule has 0 bridgehead atoms. The Hall–Kier alpha value is -1.59. The third-order valence-electron chi connectivity index (χ3n) is 4.57. The van der Waals surface area contributed by atoms with Crippen LogP contribution in [-0.4, -0.2) is 43.0 Å². The van der Waals surface area contributed by atoms with Crippen LogP contribution in [0.15, 0.2) is 18.2 Å². The molecule has 6 heteroatoms. The van der Waals surface area contributed by atoms with Gasteiger partial charge in [-0.05, 0) is 63.4 Å². The fraction of sp³-hybridized carbons (Fsp3) is 0.579. The van der Waals surface area contributed by atoms with Gasteiger partial charge >= 0.3 is 5.97 Å². The molecule has 1 aromatic carbocycles. The van der Waals surface area contributed by atoms with E-state index in [1.165, 1.54) is 11.1 Å². The molecule has 25 heavy (non-hydrogen) atoms. The molecule has 140 valence electrons. The Bertz CT molecular complexity index is 592. The van der Waals surface area contributed by atoms with Crippen LogP contribution in [0, 0.1) is 19.8 Å². The average Bonchev–Trinajstić information content (AvgIpc) is 2.57. The molecule has 0 saturated carbocycles. The molecule has 1 saturated heterocycles. The van der Waals surface area contributed by atoms with Crippen LogP contribution in [0.2, 0.25) is 0 Å². The predicted molar refractivity (Wildman–Crippen MR) is 95.0 cm³/mol. The number of rotatable bonds is 6. The standard InChI is InChI=1S/C19H28N2O3.ClH/c1-4-24-19(23)16-6-5-10-21(13-16)11-9-18(22)20-17-8-7-14(2)15(3)12-17;/h7-8,12,16H,4-6,9-11,13H2,1-3H3,(H,20,22);1H/p-1. The smallest absolute Gasteiger partial charge is 0.310 e. The quantitative estimate of drug-likeness (QED) is 0.714. The van der Waals surface area contributed by atoms with Gasteiger partial charge in [0, 0.05) is 25.2 Å². The van der Waals surface area contributed by atoms with E-state index in [-0.39, 0.29) is 30.2 Å². The van der Waals surface area contributed by atoms with Crippen molar-refractivity contribution in [2.24, 2.45) is 5.92 Å². The first-order chi connectivity index (χ1) is 11.5.